The number of benzene rings is 1. The molecule has 4 heteroatoms. The number of anilines is 1. The van der Waals surface area contributed by atoms with Gasteiger partial charge in [-0.15, -0.1) is 12.4 Å². The Morgan fingerprint density at radius 1 is 1.24 bits per heavy atom. The summed E-state index contributed by atoms with van der Waals surface area (Å²) in [5, 5.41) is 2.92. The minimum atomic E-state index is -0.318. The molecule has 0 bridgehead atoms. The van der Waals surface area contributed by atoms with Gasteiger partial charge in [0.2, 0.25) is 5.91 Å². The van der Waals surface area contributed by atoms with Crippen LogP contribution in [-0.2, 0) is 11.2 Å². The number of rotatable bonds is 3. The highest BCUT2D eigenvalue weighted by Gasteiger charge is 2.20. The smallest absolute Gasteiger partial charge is 0.225 e. The van der Waals surface area contributed by atoms with E-state index < -0.39 is 0 Å². The summed E-state index contributed by atoms with van der Waals surface area (Å²) in [4.78, 5) is 11.6. The molecule has 0 spiro atoms. The van der Waals surface area contributed by atoms with E-state index in [1.165, 1.54) is 5.56 Å². The van der Waals surface area contributed by atoms with Crippen molar-refractivity contribution in [2.24, 2.45) is 5.41 Å². The van der Waals surface area contributed by atoms with E-state index >= 15 is 0 Å². The number of nitrogen functional groups attached to an aromatic ring is 1. The van der Waals surface area contributed by atoms with Gasteiger partial charge >= 0.3 is 0 Å². The van der Waals surface area contributed by atoms with Gasteiger partial charge in [-0.25, -0.2) is 0 Å². The van der Waals surface area contributed by atoms with Crippen molar-refractivity contribution in [2.45, 2.75) is 27.2 Å². The Hall–Kier alpha value is -1.22. The van der Waals surface area contributed by atoms with Gasteiger partial charge in [0, 0.05) is 17.6 Å². The van der Waals surface area contributed by atoms with Gasteiger partial charge in [-0.2, -0.15) is 0 Å². The Morgan fingerprint density at radius 2 is 1.76 bits per heavy atom. The van der Waals surface area contributed by atoms with Gasteiger partial charge in [0.15, 0.2) is 0 Å². The van der Waals surface area contributed by atoms with E-state index in [1.54, 1.807) is 0 Å². The molecule has 1 rings (SSSR count). The first-order valence-electron chi connectivity index (χ1n) is 5.52. The molecule has 0 unspecified atom stereocenters. The zero-order valence-corrected chi connectivity index (χ0v) is 11.4. The first kappa shape index (κ1) is 15.8. The third-order valence-corrected chi connectivity index (χ3v) is 2.36. The molecule has 0 aromatic heterocycles. The fraction of sp³-hybridized carbons (Fsp3) is 0.462. The third-order valence-electron chi connectivity index (χ3n) is 2.36. The molecule has 0 saturated heterocycles. The summed E-state index contributed by atoms with van der Waals surface area (Å²) in [5.41, 5.74) is 7.22. The van der Waals surface area contributed by atoms with Crippen LogP contribution in [0, 0.1) is 5.41 Å². The van der Waals surface area contributed by atoms with Crippen LogP contribution in [0.2, 0.25) is 0 Å². The summed E-state index contributed by atoms with van der Waals surface area (Å²) in [7, 11) is 0. The van der Waals surface area contributed by atoms with E-state index in [2.05, 4.69) is 5.32 Å². The van der Waals surface area contributed by atoms with Crippen molar-refractivity contribution in [3.63, 3.8) is 0 Å². The zero-order valence-electron chi connectivity index (χ0n) is 10.6. The summed E-state index contributed by atoms with van der Waals surface area (Å²) in [6.07, 6.45) is 0.835. The molecular weight excluding hydrogens is 236 g/mol. The number of hydrogen-bond donors (Lipinski definition) is 2. The fourth-order valence-corrected chi connectivity index (χ4v) is 1.27. The molecule has 1 aromatic rings. The fourth-order valence-electron chi connectivity index (χ4n) is 1.27. The molecular formula is C13H21ClN2O. The topological polar surface area (TPSA) is 55.1 Å². The molecule has 96 valence electrons. The second-order valence-corrected chi connectivity index (χ2v) is 5.00. The number of nitrogens with one attached hydrogen (secondary N) is 1. The van der Waals surface area contributed by atoms with Crippen molar-refractivity contribution in [3.8, 4) is 0 Å². The van der Waals surface area contributed by atoms with E-state index in [0.29, 0.717) is 6.54 Å². The Labute approximate surface area is 109 Å². The van der Waals surface area contributed by atoms with E-state index in [9.17, 15) is 4.79 Å². The van der Waals surface area contributed by atoms with Gasteiger partial charge in [0.25, 0.3) is 0 Å². The second-order valence-electron chi connectivity index (χ2n) is 5.00. The lowest BCUT2D eigenvalue weighted by Crippen LogP contribution is -2.35. The Morgan fingerprint density at radius 3 is 2.24 bits per heavy atom. The van der Waals surface area contributed by atoms with Crippen LogP contribution in [0.15, 0.2) is 24.3 Å². The monoisotopic (exact) mass is 256 g/mol. The van der Waals surface area contributed by atoms with Crippen molar-refractivity contribution in [1.29, 1.82) is 0 Å². The summed E-state index contributed by atoms with van der Waals surface area (Å²) in [6.45, 7) is 6.39. The normalized spacial score (nSPS) is 10.5. The minimum Gasteiger partial charge on any atom is -0.399 e. The largest absolute Gasteiger partial charge is 0.399 e. The first-order chi connectivity index (χ1) is 7.39. The van der Waals surface area contributed by atoms with E-state index in [0.717, 1.165) is 12.1 Å². The minimum absolute atomic E-state index is 0. The van der Waals surface area contributed by atoms with Gasteiger partial charge in [0.05, 0.1) is 0 Å². The predicted molar refractivity (Wildman–Crippen MR) is 74.3 cm³/mol. The SMILES string of the molecule is CC(C)(C)C(=O)NCCc1ccc(N)cc1.Cl. The first-order valence-corrected chi connectivity index (χ1v) is 5.52. The Bertz CT molecular complexity index is 355. The highest BCUT2D eigenvalue weighted by Crippen LogP contribution is 2.12. The third kappa shape index (κ3) is 5.59. The van der Waals surface area contributed by atoms with Crippen molar-refractivity contribution in [2.75, 3.05) is 12.3 Å². The average molecular weight is 257 g/mol. The summed E-state index contributed by atoms with van der Waals surface area (Å²) in [6, 6.07) is 7.72. The number of hydrogen-bond acceptors (Lipinski definition) is 2. The quantitative estimate of drug-likeness (QED) is 0.816. The second kappa shape index (κ2) is 6.50. The Kier molecular flexibility index (Phi) is 6.03. The molecule has 17 heavy (non-hydrogen) atoms. The number of nitrogens with two attached hydrogens (primary N) is 1. The van der Waals surface area contributed by atoms with Gasteiger partial charge in [-0.05, 0) is 24.1 Å². The van der Waals surface area contributed by atoms with Gasteiger partial charge in [-0.3, -0.25) is 4.79 Å². The number of amides is 1. The lowest BCUT2D eigenvalue weighted by Gasteiger charge is -2.17. The number of halogens is 1. The van der Waals surface area contributed by atoms with E-state index in [-0.39, 0.29) is 23.7 Å². The predicted octanol–water partition coefficient (Wildman–Crippen LogP) is 2.40. The maximum atomic E-state index is 11.6. The molecule has 3 N–H and O–H groups in total. The maximum Gasteiger partial charge on any atom is 0.225 e. The summed E-state index contributed by atoms with van der Waals surface area (Å²) in [5.74, 6) is 0.0861. The molecule has 0 fully saturated rings. The van der Waals surface area contributed by atoms with Crippen molar-refractivity contribution >= 4 is 24.0 Å². The molecule has 0 aliphatic carbocycles. The van der Waals surface area contributed by atoms with Gasteiger partial charge in [-0.1, -0.05) is 32.9 Å². The van der Waals surface area contributed by atoms with Crippen LogP contribution in [0.1, 0.15) is 26.3 Å². The maximum absolute atomic E-state index is 11.6. The average Bonchev–Trinajstić information content (AvgIpc) is 2.19. The van der Waals surface area contributed by atoms with E-state index in [1.807, 2.05) is 45.0 Å². The molecule has 0 radical (unpaired) electrons. The molecule has 1 amide bonds. The van der Waals surface area contributed by atoms with Crippen LogP contribution >= 0.6 is 12.4 Å². The van der Waals surface area contributed by atoms with Crippen LogP contribution < -0.4 is 11.1 Å². The molecule has 0 atom stereocenters. The molecule has 1 aromatic carbocycles. The van der Waals surface area contributed by atoms with E-state index in [4.69, 9.17) is 5.73 Å². The van der Waals surface area contributed by atoms with Crippen LogP contribution in [0.4, 0.5) is 5.69 Å². The molecule has 3 nitrogen and oxygen atoms in total. The van der Waals surface area contributed by atoms with Crippen molar-refractivity contribution in [3.05, 3.63) is 29.8 Å². The van der Waals surface area contributed by atoms with Crippen molar-refractivity contribution in [1.82, 2.24) is 5.32 Å². The highest BCUT2D eigenvalue weighted by atomic mass is 35.5. The Balaban J connectivity index is 0.00000256. The molecule has 0 aliphatic rings. The van der Waals surface area contributed by atoms with Crippen LogP contribution in [0.5, 0.6) is 0 Å². The number of carbonyl (C=O) groups is 1. The van der Waals surface area contributed by atoms with Crippen molar-refractivity contribution < 1.29 is 4.79 Å². The molecule has 0 heterocycles. The lowest BCUT2D eigenvalue weighted by molar-refractivity contribution is -0.128. The summed E-state index contributed by atoms with van der Waals surface area (Å²) >= 11 is 0. The summed E-state index contributed by atoms with van der Waals surface area (Å²) < 4.78 is 0. The van der Waals surface area contributed by atoms with Gasteiger partial charge < -0.3 is 11.1 Å². The number of carbonyl (C=O) groups excluding carboxylic acids is 1. The van der Waals surface area contributed by atoms with Crippen LogP contribution in [0.25, 0.3) is 0 Å². The van der Waals surface area contributed by atoms with Gasteiger partial charge in [0.1, 0.15) is 0 Å². The molecule has 0 aliphatic heterocycles. The molecule has 0 saturated carbocycles. The highest BCUT2D eigenvalue weighted by molar-refractivity contribution is 5.85. The van der Waals surface area contributed by atoms with Crippen LogP contribution in [-0.4, -0.2) is 12.5 Å². The van der Waals surface area contributed by atoms with Crippen LogP contribution in [0.3, 0.4) is 0 Å². The zero-order chi connectivity index (χ0) is 12.2. The standard InChI is InChI=1S/C13H20N2O.ClH/c1-13(2,3)12(16)15-9-8-10-4-6-11(14)7-5-10;/h4-7H,8-9,14H2,1-3H3,(H,15,16);1H. The lowest BCUT2D eigenvalue weighted by atomic mass is 9.95.